The summed E-state index contributed by atoms with van der Waals surface area (Å²) < 4.78 is 44.0. The van der Waals surface area contributed by atoms with Crippen LogP contribution in [0, 0.1) is 0 Å². The van der Waals surface area contributed by atoms with Crippen LogP contribution in [0.25, 0.3) is 10.8 Å². The lowest BCUT2D eigenvalue weighted by molar-refractivity contribution is -0.267. The smallest absolute Gasteiger partial charge is 0.432 e. The van der Waals surface area contributed by atoms with Crippen molar-refractivity contribution in [3.05, 3.63) is 48.0 Å². The number of aliphatic hydroxyl groups is 1. The molecular weight excluding hydrogens is 285 g/mol. The first-order valence-corrected chi connectivity index (χ1v) is 6.26. The fraction of sp³-hybridized carbons (Fsp3) is 0.267. The molecule has 3 nitrogen and oxygen atoms in total. The Kier molecular flexibility index (Phi) is 3.91. The predicted molar refractivity (Wildman–Crippen MR) is 70.5 cm³/mol. The second-order valence-corrected chi connectivity index (χ2v) is 4.49. The lowest BCUT2D eigenvalue weighted by Crippen LogP contribution is -2.50. The molecule has 21 heavy (non-hydrogen) atoms. The molecule has 2 aromatic carbocycles. The first kappa shape index (κ1) is 15.3. The van der Waals surface area contributed by atoms with Gasteiger partial charge >= 0.3 is 12.1 Å². The van der Waals surface area contributed by atoms with Crippen molar-refractivity contribution in [3.63, 3.8) is 0 Å². The van der Waals surface area contributed by atoms with E-state index >= 15 is 0 Å². The van der Waals surface area contributed by atoms with Gasteiger partial charge in [0.25, 0.3) is 5.60 Å². The van der Waals surface area contributed by atoms with Crippen molar-refractivity contribution in [2.24, 2.45) is 0 Å². The number of halogens is 3. The average molecular weight is 298 g/mol. The van der Waals surface area contributed by atoms with Crippen LogP contribution in [0.2, 0.25) is 0 Å². The van der Waals surface area contributed by atoms with Crippen LogP contribution in [0.4, 0.5) is 13.2 Å². The van der Waals surface area contributed by atoms with Crippen LogP contribution in [-0.4, -0.2) is 23.9 Å². The summed E-state index contributed by atoms with van der Waals surface area (Å²) in [5.74, 6) is -1.73. The van der Waals surface area contributed by atoms with Crippen molar-refractivity contribution in [2.75, 3.05) is 6.61 Å². The first-order valence-electron chi connectivity index (χ1n) is 6.26. The Bertz CT molecular complexity index is 667. The molecule has 0 radical (unpaired) electrons. The molecule has 0 aliphatic rings. The Balaban J connectivity index is 2.61. The number of hydrogen-bond acceptors (Lipinski definition) is 3. The maximum Gasteiger partial charge on any atom is 0.432 e. The molecule has 0 aromatic heterocycles. The standard InChI is InChI=1S/C15H13F3O3/c1-2-21-13(19)14(20,15(16,17)18)12-8-7-10-5-3-4-6-11(10)9-12/h3-9,20H,2H2,1H3. The molecule has 0 fully saturated rings. The number of fused-ring (bicyclic) bond motifs is 1. The average Bonchev–Trinajstić information content (AvgIpc) is 2.45. The summed E-state index contributed by atoms with van der Waals surface area (Å²) in [5.41, 5.74) is -4.24. The molecule has 0 saturated heterocycles. The van der Waals surface area contributed by atoms with E-state index in [0.29, 0.717) is 10.8 Å². The third kappa shape index (κ3) is 2.58. The lowest BCUT2D eigenvalue weighted by Gasteiger charge is -2.28. The van der Waals surface area contributed by atoms with Crippen molar-refractivity contribution in [2.45, 2.75) is 18.7 Å². The number of ether oxygens (including phenoxy) is 1. The van der Waals surface area contributed by atoms with Crippen LogP contribution < -0.4 is 0 Å². The predicted octanol–water partition coefficient (Wildman–Crippen LogP) is 3.15. The molecule has 6 heteroatoms. The molecular formula is C15H13F3O3. The molecule has 1 N–H and O–H groups in total. The number of hydrogen-bond donors (Lipinski definition) is 1. The van der Waals surface area contributed by atoms with E-state index in [4.69, 9.17) is 0 Å². The van der Waals surface area contributed by atoms with Crippen LogP contribution in [0.1, 0.15) is 12.5 Å². The van der Waals surface area contributed by atoms with Gasteiger partial charge in [-0.05, 0) is 23.8 Å². The summed E-state index contributed by atoms with van der Waals surface area (Å²) in [5, 5.41) is 11.2. The van der Waals surface area contributed by atoms with Gasteiger partial charge in [-0.2, -0.15) is 13.2 Å². The van der Waals surface area contributed by atoms with Gasteiger partial charge in [0.15, 0.2) is 0 Å². The second-order valence-electron chi connectivity index (χ2n) is 4.49. The number of carbonyl (C=O) groups excluding carboxylic acids is 1. The van der Waals surface area contributed by atoms with E-state index in [0.717, 1.165) is 12.1 Å². The first-order chi connectivity index (χ1) is 9.80. The highest BCUT2D eigenvalue weighted by molar-refractivity contribution is 5.87. The number of carbonyl (C=O) groups is 1. The van der Waals surface area contributed by atoms with Gasteiger partial charge in [-0.25, -0.2) is 4.79 Å². The highest BCUT2D eigenvalue weighted by Crippen LogP contribution is 2.40. The summed E-state index contributed by atoms with van der Waals surface area (Å²) in [6.07, 6.45) is -5.18. The summed E-state index contributed by atoms with van der Waals surface area (Å²) in [6, 6.07) is 10.3. The second kappa shape index (κ2) is 5.37. The normalized spacial score (nSPS) is 14.7. The van der Waals surface area contributed by atoms with E-state index in [2.05, 4.69) is 4.74 Å². The van der Waals surface area contributed by atoms with E-state index in [9.17, 15) is 23.1 Å². The van der Waals surface area contributed by atoms with Gasteiger partial charge in [0.2, 0.25) is 0 Å². The van der Waals surface area contributed by atoms with Crippen LogP contribution in [0.15, 0.2) is 42.5 Å². The van der Waals surface area contributed by atoms with Crippen molar-refractivity contribution >= 4 is 16.7 Å². The Labute approximate surface area is 119 Å². The van der Waals surface area contributed by atoms with Gasteiger partial charge < -0.3 is 9.84 Å². The molecule has 0 heterocycles. The molecule has 0 spiro atoms. The van der Waals surface area contributed by atoms with Crippen molar-refractivity contribution in [1.29, 1.82) is 0 Å². The number of esters is 1. The van der Waals surface area contributed by atoms with Crippen molar-refractivity contribution < 1.29 is 27.8 Å². The van der Waals surface area contributed by atoms with E-state index in [1.807, 2.05) is 0 Å². The molecule has 2 aromatic rings. The van der Waals surface area contributed by atoms with Gasteiger partial charge in [0, 0.05) is 5.56 Å². The molecule has 1 unspecified atom stereocenters. The van der Waals surface area contributed by atoms with E-state index in [1.54, 1.807) is 24.3 Å². The SMILES string of the molecule is CCOC(=O)C(O)(c1ccc2ccccc2c1)C(F)(F)F. The molecule has 0 saturated carbocycles. The Morgan fingerprint density at radius 1 is 1.14 bits per heavy atom. The summed E-state index contributed by atoms with van der Waals surface area (Å²) in [4.78, 5) is 11.7. The Morgan fingerprint density at radius 2 is 1.76 bits per heavy atom. The lowest BCUT2D eigenvalue weighted by atomic mass is 9.91. The fourth-order valence-corrected chi connectivity index (χ4v) is 2.05. The van der Waals surface area contributed by atoms with Gasteiger partial charge in [0.1, 0.15) is 0 Å². The summed E-state index contributed by atoms with van der Waals surface area (Å²) in [6.45, 7) is 1.11. The third-order valence-corrected chi connectivity index (χ3v) is 3.15. The molecule has 0 bridgehead atoms. The van der Waals surface area contributed by atoms with E-state index in [-0.39, 0.29) is 6.61 Å². The zero-order chi connectivity index (χ0) is 15.7. The van der Waals surface area contributed by atoms with Gasteiger partial charge in [-0.15, -0.1) is 0 Å². The Morgan fingerprint density at radius 3 is 2.33 bits per heavy atom. The molecule has 2 rings (SSSR count). The van der Waals surface area contributed by atoms with Crippen LogP contribution in [0.5, 0.6) is 0 Å². The molecule has 0 aliphatic heterocycles. The monoisotopic (exact) mass is 298 g/mol. The molecule has 0 amide bonds. The Hall–Kier alpha value is -2.08. The van der Waals surface area contributed by atoms with Crippen LogP contribution in [-0.2, 0) is 15.1 Å². The van der Waals surface area contributed by atoms with Gasteiger partial charge in [0.05, 0.1) is 6.61 Å². The van der Waals surface area contributed by atoms with E-state index in [1.165, 1.54) is 13.0 Å². The highest BCUT2D eigenvalue weighted by Gasteiger charge is 2.62. The van der Waals surface area contributed by atoms with Gasteiger partial charge in [-0.3, -0.25) is 0 Å². The fourth-order valence-electron chi connectivity index (χ4n) is 2.05. The quantitative estimate of drug-likeness (QED) is 0.885. The van der Waals surface area contributed by atoms with Crippen LogP contribution in [0.3, 0.4) is 0 Å². The number of rotatable bonds is 3. The van der Waals surface area contributed by atoms with Gasteiger partial charge in [-0.1, -0.05) is 36.4 Å². The van der Waals surface area contributed by atoms with Crippen LogP contribution >= 0.6 is 0 Å². The topological polar surface area (TPSA) is 46.5 Å². The minimum Gasteiger partial charge on any atom is -0.463 e. The largest absolute Gasteiger partial charge is 0.463 e. The molecule has 1 atom stereocenters. The number of benzene rings is 2. The maximum atomic E-state index is 13.2. The zero-order valence-corrected chi connectivity index (χ0v) is 11.1. The molecule has 0 aliphatic carbocycles. The minimum atomic E-state index is -5.18. The zero-order valence-electron chi connectivity index (χ0n) is 11.1. The minimum absolute atomic E-state index is 0.259. The van der Waals surface area contributed by atoms with E-state index < -0.39 is 23.3 Å². The van der Waals surface area contributed by atoms with Crippen molar-refractivity contribution in [3.8, 4) is 0 Å². The maximum absolute atomic E-state index is 13.2. The van der Waals surface area contributed by atoms with Crippen molar-refractivity contribution in [1.82, 2.24) is 0 Å². The number of alkyl halides is 3. The third-order valence-electron chi connectivity index (χ3n) is 3.15. The summed E-state index contributed by atoms with van der Waals surface area (Å²) >= 11 is 0. The summed E-state index contributed by atoms with van der Waals surface area (Å²) in [7, 11) is 0. The highest BCUT2D eigenvalue weighted by atomic mass is 19.4. The molecule has 112 valence electrons.